The molecule has 0 aromatic carbocycles. The van der Waals surface area contributed by atoms with Crippen molar-refractivity contribution < 1.29 is 9.90 Å². The summed E-state index contributed by atoms with van der Waals surface area (Å²) in [5.41, 5.74) is 1.15. The molecular weight excluding hydrogens is 272 g/mol. The zero-order valence-corrected chi connectivity index (χ0v) is 13.4. The van der Waals surface area contributed by atoms with E-state index in [1.165, 1.54) is 0 Å². The molecule has 0 saturated carbocycles. The van der Waals surface area contributed by atoms with Crippen LogP contribution in [-0.4, -0.2) is 33.5 Å². The standard InChI is InChI=1S/C15H24N2O2S/c1-15(2,3)12-10-20-13(16-12)9-17-8-6-4-5-7-11(17)14(18)19/h10-11H,4-9H2,1-3H3,(H,18,19). The normalized spacial score (nSPS) is 21.6. The van der Waals surface area contributed by atoms with Gasteiger partial charge in [-0.05, 0) is 19.4 Å². The zero-order chi connectivity index (χ0) is 14.8. The van der Waals surface area contributed by atoms with Crippen molar-refractivity contribution in [1.29, 1.82) is 0 Å². The van der Waals surface area contributed by atoms with Gasteiger partial charge in [0.05, 0.1) is 12.2 Å². The van der Waals surface area contributed by atoms with Crippen molar-refractivity contribution in [2.24, 2.45) is 0 Å². The van der Waals surface area contributed by atoms with Gasteiger partial charge in [0.15, 0.2) is 0 Å². The van der Waals surface area contributed by atoms with Crippen molar-refractivity contribution in [2.45, 2.75) is 64.5 Å². The van der Waals surface area contributed by atoms with Gasteiger partial charge in [0.2, 0.25) is 0 Å². The smallest absolute Gasteiger partial charge is 0.320 e. The van der Waals surface area contributed by atoms with E-state index in [2.05, 4.69) is 36.0 Å². The van der Waals surface area contributed by atoms with E-state index >= 15 is 0 Å². The molecule has 1 unspecified atom stereocenters. The number of carbonyl (C=O) groups is 1. The van der Waals surface area contributed by atoms with Crippen LogP contribution in [0.2, 0.25) is 0 Å². The van der Waals surface area contributed by atoms with Gasteiger partial charge in [0.25, 0.3) is 0 Å². The van der Waals surface area contributed by atoms with Gasteiger partial charge in [0, 0.05) is 10.8 Å². The Hall–Kier alpha value is -0.940. The lowest BCUT2D eigenvalue weighted by Gasteiger charge is -2.25. The molecule has 2 heterocycles. The molecule has 0 spiro atoms. The molecule has 4 nitrogen and oxygen atoms in total. The molecular formula is C15H24N2O2S. The van der Waals surface area contributed by atoms with Crippen molar-refractivity contribution in [3.63, 3.8) is 0 Å². The molecule has 1 fully saturated rings. The first-order valence-electron chi connectivity index (χ1n) is 7.29. The molecule has 1 aliphatic heterocycles. The summed E-state index contributed by atoms with van der Waals surface area (Å²) in [6, 6.07) is -0.348. The Morgan fingerprint density at radius 3 is 2.80 bits per heavy atom. The quantitative estimate of drug-likeness (QED) is 0.930. The fraction of sp³-hybridized carbons (Fsp3) is 0.733. The first-order valence-corrected chi connectivity index (χ1v) is 8.17. The molecule has 0 bridgehead atoms. The van der Waals surface area contributed by atoms with Gasteiger partial charge in [-0.3, -0.25) is 9.69 Å². The molecule has 0 amide bonds. The summed E-state index contributed by atoms with van der Waals surface area (Å²) in [7, 11) is 0. The zero-order valence-electron chi connectivity index (χ0n) is 12.6. The van der Waals surface area contributed by atoms with Crippen molar-refractivity contribution in [2.75, 3.05) is 6.54 Å². The van der Waals surface area contributed by atoms with Crippen molar-refractivity contribution in [3.05, 3.63) is 16.1 Å². The Morgan fingerprint density at radius 1 is 1.45 bits per heavy atom. The number of carboxylic acids is 1. The van der Waals surface area contributed by atoms with Crippen molar-refractivity contribution in [1.82, 2.24) is 9.88 Å². The van der Waals surface area contributed by atoms with Crippen LogP contribution in [0.3, 0.4) is 0 Å². The van der Waals surface area contributed by atoms with Crippen LogP contribution in [0, 0.1) is 0 Å². The number of hydrogen-bond acceptors (Lipinski definition) is 4. The molecule has 5 heteroatoms. The monoisotopic (exact) mass is 296 g/mol. The molecule has 1 aromatic heterocycles. The molecule has 1 aromatic rings. The number of nitrogens with zero attached hydrogens (tertiary/aromatic N) is 2. The van der Waals surface area contributed by atoms with Crippen LogP contribution >= 0.6 is 11.3 Å². The van der Waals surface area contributed by atoms with E-state index < -0.39 is 5.97 Å². The Kier molecular flexibility index (Phi) is 4.81. The fourth-order valence-corrected chi connectivity index (χ4v) is 3.58. The summed E-state index contributed by atoms with van der Waals surface area (Å²) < 4.78 is 0. The van der Waals surface area contributed by atoms with Crippen LogP contribution in [0.25, 0.3) is 0 Å². The number of thiazole rings is 1. The summed E-state index contributed by atoms with van der Waals surface area (Å²) in [6.07, 6.45) is 3.98. The highest BCUT2D eigenvalue weighted by molar-refractivity contribution is 7.09. The average molecular weight is 296 g/mol. The van der Waals surface area contributed by atoms with E-state index in [0.717, 1.165) is 42.9 Å². The topological polar surface area (TPSA) is 53.4 Å². The largest absolute Gasteiger partial charge is 0.480 e. The molecule has 1 N–H and O–H groups in total. The molecule has 20 heavy (non-hydrogen) atoms. The van der Waals surface area contributed by atoms with Gasteiger partial charge in [-0.25, -0.2) is 4.98 Å². The second kappa shape index (κ2) is 6.22. The Morgan fingerprint density at radius 2 is 2.20 bits per heavy atom. The minimum absolute atomic E-state index is 0.0553. The second-order valence-electron chi connectivity index (χ2n) is 6.55. The van der Waals surface area contributed by atoms with Gasteiger partial charge in [-0.1, -0.05) is 33.6 Å². The predicted molar refractivity (Wildman–Crippen MR) is 81.1 cm³/mol. The molecule has 1 saturated heterocycles. The number of aliphatic carboxylic acids is 1. The molecule has 2 rings (SSSR count). The highest BCUT2D eigenvalue weighted by atomic mass is 32.1. The summed E-state index contributed by atoms with van der Waals surface area (Å²) >= 11 is 1.64. The highest BCUT2D eigenvalue weighted by Crippen LogP contribution is 2.26. The average Bonchev–Trinajstić information content (AvgIpc) is 2.68. The number of aromatic nitrogens is 1. The van der Waals surface area contributed by atoms with Gasteiger partial charge >= 0.3 is 5.97 Å². The van der Waals surface area contributed by atoms with Gasteiger partial charge in [0.1, 0.15) is 11.0 Å². The van der Waals surface area contributed by atoms with Crippen molar-refractivity contribution >= 4 is 17.3 Å². The van der Waals surface area contributed by atoms with Crippen LogP contribution in [-0.2, 0) is 16.8 Å². The lowest BCUT2D eigenvalue weighted by molar-refractivity contribution is -0.143. The first-order chi connectivity index (χ1) is 9.38. The third kappa shape index (κ3) is 3.79. The number of likely N-dealkylation sites (tertiary alicyclic amines) is 1. The van der Waals surface area contributed by atoms with E-state index in [0.29, 0.717) is 6.54 Å². The summed E-state index contributed by atoms with van der Waals surface area (Å²) in [5.74, 6) is -0.695. The van der Waals surface area contributed by atoms with E-state index in [-0.39, 0.29) is 11.5 Å². The van der Waals surface area contributed by atoms with E-state index in [1.54, 1.807) is 11.3 Å². The van der Waals surface area contributed by atoms with Crippen molar-refractivity contribution in [3.8, 4) is 0 Å². The van der Waals surface area contributed by atoms with Crippen LogP contribution < -0.4 is 0 Å². The number of carboxylic acid groups (broad SMARTS) is 1. The van der Waals surface area contributed by atoms with Gasteiger partial charge in [-0.15, -0.1) is 11.3 Å². The van der Waals surface area contributed by atoms with E-state index in [4.69, 9.17) is 0 Å². The molecule has 0 radical (unpaired) electrons. The van der Waals surface area contributed by atoms with Crippen LogP contribution in [0.5, 0.6) is 0 Å². The summed E-state index contributed by atoms with van der Waals surface area (Å²) in [5, 5.41) is 12.5. The van der Waals surface area contributed by atoms with E-state index in [9.17, 15) is 9.90 Å². The maximum absolute atomic E-state index is 11.4. The molecule has 112 valence electrons. The summed E-state index contributed by atoms with van der Waals surface area (Å²) in [6.45, 7) is 7.98. The van der Waals surface area contributed by atoms with Gasteiger partial charge in [-0.2, -0.15) is 0 Å². The first kappa shape index (κ1) is 15.4. The summed E-state index contributed by atoms with van der Waals surface area (Å²) in [4.78, 5) is 18.2. The SMILES string of the molecule is CC(C)(C)c1csc(CN2CCCCCC2C(=O)O)n1. The Bertz CT molecular complexity index is 465. The maximum Gasteiger partial charge on any atom is 0.320 e. The van der Waals surface area contributed by atoms with E-state index in [1.807, 2.05) is 0 Å². The number of hydrogen-bond donors (Lipinski definition) is 1. The van der Waals surface area contributed by atoms with Crippen LogP contribution in [0.1, 0.15) is 57.2 Å². The third-order valence-corrected chi connectivity index (χ3v) is 4.64. The Balaban J connectivity index is 2.10. The lowest BCUT2D eigenvalue weighted by atomic mass is 9.93. The minimum atomic E-state index is -0.695. The fourth-order valence-electron chi connectivity index (χ4n) is 2.54. The third-order valence-electron chi connectivity index (χ3n) is 3.81. The lowest BCUT2D eigenvalue weighted by Crippen LogP contribution is -2.40. The minimum Gasteiger partial charge on any atom is -0.480 e. The maximum atomic E-state index is 11.4. The van der Waals surface area contributed by atoms with Crippen LogP contribution in [0.15, 0.2) is 5.38 Å². The highest BCUT2D eigenvalue weighted by Gasteiger charge is 2.28. The Labute approximate surface area is 124 Å². The predicted octanol–water partition coefficient (Wildman–Crippen LogP) is 3.27. The van der Waals surface area contributed by atoms with Crippen LogP contribution in [0.4, 0.5) is 0 Å². The van der Waals surface area contributed by atoms with Gasteiger partial charge < -0.3 is 5.11 Å². The molecule has 0 aliphatic carbocycles. The molecule has 1 atom stereocenters. The molecule has 1 aliphatic rings. The second-order valence-corrected chi connectivity index (χ2v) is 7.49. The number of rotatable bonds is 3.